The number of rotatable bonds is 2. The lowest BCUT2D eigenvalue weighted by Crippen LogP contribution is -2.11. The van der Waals surface area contributed by atoms with E-state index in [4.69, 9.17) is 4.74 Å². The summed E-state index contributed by atoms with van der Waals surface area (Å²) in [7, 11) is 0. The van der Waals surface area contributed by atoms with E-state index in [2.05, 4.69) is 44.7 Å². The lowest BCUT2D eigenvalue weighted by atomic mass is 9.87. The summed E-state index contributed by atoms with van der Waals surface area (Å²) in [5, 5.41) is 0. The van der Waals surface area contributed by atoms with Crippen LogP contribution in [0.25, 0.3) is 0 Å². The van der Waals surface area contributed by atoms with Crippen LogP contribution in [-0.4, -0.2) is 6.61 Å². The summed E-state index contributed by atoms with van der Waals surface area (Å²) in [5.41, 5.74) is 2.42. The third-order valence-corrected chi connectivity index (χ3v) is 3.02. The molecule has 0 spiro atoms. The van der Waals surface area contributed by atoms with Gasteiger partial charge in [-0.25, -0.2) is 0 Å². The van der Waals surface area contributed by atoms with Crippen LogP contribution in [0.3, 0.4) is 0 Å². The van der Waals surface area contributed by atoms with E-state index >= 15 is 0 Å². The van der Waals surface area contributed by atoms with Crippen LogP contribution in [0.15, 0.2) is 54.6 Å². The van der Waals surface area contributed by atoms with Crippen molar-refractivity contribution in [3.8, 4) is 17.6 Å². The molecule has 102 valence electrons. The SMILES string of the molecule is CC(C)(C)c1cccc(OCC#Cc2ccccc2)c1. The molecule has 1 heteroatoms. The highest BCUT2D eigenvalue weighted by Gasteiger charge is 2.13. The zero-order valence-electron chi connectivity index (χ0n) is 12.3. The van der Waals surface area contributed by atoms with Crippen LogP contribution in [-0.2, 0) is 5.41 Å². The minimum Gasteiger partial charge on any atom is -0.481 e. The van der Waals surface area contributed by atoms with Gasteiger partial charge in [0.1, 0.15) is 12.4 Å². The quantitative estimate of drug-likeness (QED) is 0.730. The Morgan fingerprint density at radius 1 is 0.950 bits per heavy atom. The highest BCUT2D eigenvalue weighted by atomic mass is 16.5. The molecule has 2 rings (SSSR count). The fraction of sp³-hybridized carbons (Fsp3) is 0.263. The maximum atomic E-state index is 5.69. The minimum atomic E-state index is 0.134. The van der Waals surface area contributed by atoms with Gasteiger partial charge in [-0.2, -0.15) is 0 Å². The van der Waals surface area contributed by atoms with E-state index in [1.807, 2.05) is 42.5 Å². The van der Waals surface area contributed by atoms with Crippen molar-refractivity contribution in [3.05, 3.63) is 65.7 Å². The van der Waals surface area contributed by atoms with E-state index in [-0.39, 0.29) is 5.41 Å². The van der Waals surface area contributed by atoms with Crippen LogP contribution in [0.1, 0.15) is 31.9 Å². The third kappa shape index (κ3) is 4.17. The van der Waals surface area contributed by atoms with Crippen molar-refractivity contribution in [1.82, 2.24) is 0 Å². The molecule has 0 fully saturated rings. The monoisotopic (exact) mass is 264 g/mol. The Labute approximate surface area is 121 Å². The van der Waals surface area contributed by atoms with Gasteiger partial charge in [0.2, 0.25) is 0 Å². The van der Waals surface area contributed by atoms with Crippen LogP contribution in [0, 0.1) is 11.8 Å². The highest BCUT2D eigenvalue weighted by Crippen LogP contribution is 2.25. The summed E-state index contributed by atoms with van der Waals surface area (Å²) < 4.78 is 5.69. The molecular weight excluding hydrogens is 244 g/mol. The molecule has 0 saturated carbocycles. The van der Waals surface area contributed by atoms with E-state index in [1.165, 1.54) is 5.56 Å². The zero-order chi connectivity index (χ0) is 14.4. The molecule has 0 unspecified atom stereocenters. The Morgan fingerprint density at radius 3 is 2.40 bits per heavy atom. The van der Waals surface area contributed by atoms with Gasteiger partial charge >= 0.3 is 0 Å². The van der Waals surface area contributed by atoms with Crippen LogP contribution in [0.5, 0.6) is 5.75 Å². The number of hydrogen-bond acceptors (Lipinski definition) is 1. The van der Waals surface area contributed by atoms with Crippen molar-refractivity contribution < 1.29 is 4.74 Å². The standard InChI is InChI=1S/C19H20O/c1-19(2,3)17-12-7-13-18(15-17)20-14-8-11-16-9-5-4-6-10-16/h4-7,9-10,12-13,15H,14H2,1-3H3. The smallest absolute Gasteiger partial charge is 0.149 e. The predicted molar refractivity (Wildman–Crippen MR) is 84.0 cm³/mol. The fourth-order valence-electron chi connectivity index (χ4n) is 1.83. The van der Waals surface area contributed by atoms with Crippen LogP contribution >= 0.6 is 0 Å². The molecule has 0 bridgehead atoms. The first kappa shape index (κ1) is 14.2. The number of benzene rings is 2. The second-order valence-corrected chi connectivity index (χ2v) is 5.73. The first-order valence-electron chi connectivity index (χ1n) is 6.83. The van der Waals surface area contributed by atoms with Crippen LogP contribution < -0.4 is 4.74 Å². The summed E-state index contributed by atoms with van der Waals surface area (Å²) in [6, 6.07) is 18.2. The first-order chi connectivity index (χ1) is 9.55. The predicted octanol–water partition coefficient (Wildman–Crippen LogP) is 4.41. The average molecular weight is 264 g/mol. The number of hydrogen-bond donors (Lipinski definition) is 0. The van der Waals surface area contributed by atoms with Crippen molar-refractivity contribution in [2.45, 2.75) is 26.2 Å². The van der Waals surface area contributed by atoms with Crippen LogP contribution in [0.2, 0.25) is 0 Å². The molecule has 0 aliphatic carbocycles. The molecular formula is C19H20O. The minimum absolute atomic E-state index is 0.134. The van der Waals surface area contributed by atoms with E-state index in [0.717, 1.165) is 11.3 Å². The summed E-state index contributed by atoms with van der Waals surface area (Å²) in [6.45, 7) is 6.99. The second kappa shape index (κ2) is 6.30. The second-order valence-electron chi connectivity index (χ2n) is 5.73. The molecule has 20 heavy (non-hydrogen) atoms. The van der Waals surface area contributed by atoms with Crippen molar-refractivity contribution >= 4 is 0 Å². The largest absolute Gasteiger partial charge is 0.481 e. The third-order valence-electron chi connectivity index (χ3n) is 3.02. The zero-order valence-corrected chi connectivity index (χ0v) is 12.3. The molecule has 0 aliphatic rings. The van der Waals surface area contributed by atoms with Gasteiger partial charge in [-0.15, -0.1) is 0 Å². The molecule has 0 amide bonds. The molecule has 2 aromatic rings. The molecule has 0 radical (unpaired) electrons. The lowest BCUT2D eigenvalue weighted by Gasteiger charge is -2.19. The molecule has 1 nitrogen and oxygen atoms in total. The molecule has 0 aromatic heterocycles. The maximum Gasteiger partial charge on any atom is 0.149 e. The normalized spacial score (nSPS) is 10.6. The Hall–Kier alpha value is -2.20. The van der Waals surface area contributed by atoms with E-state index < -0.39 is 0 Å². The van der Waals surface area contributed by atoms with Gasteiger partial charge in [0, 0.05) is 5.56 Å². The summed E-state index contributed by atoms with van der Waals surface area (Å²) in [6.07, 6.45) is 0. The van der Waals surface area contributed by atoms with E-state index in [0.29, 0.717) is 6.61 Å². The average Bonchev–Trinajstić information content (AvgIpc) is 2.44. The Balaban J connectivity index is 1.97. The van der Waals surface area contributed by atoms with Gasteiger partial charge in [0.25, 0.3) is 0 Å². The Morgan fingerprint density at radius 2 is 1.70 bits per heavy atom. The van der Waals surface area contributed by atoms with Crippen LogP contribution in [0.4, 0.5) is 0 Å². The first-order valence-corrected chi connectivity index (χ1v) is 6.83. The molecule has 0 N–H and O–H groups in total. The molecule has 0 saturated heterocycles. The van der Waals surface area contributed by atoms with E-state index in [1.54, 1.807) is 0 Å². The van der Waals surface area contributed by atoms with Gasteiger partial charge in [-0.05, 0) is 35.2 Å². The van der Waals surface area contributed by atoms with Gasteiger partial charge in [-0.1, -0.05) is 62.9 Å². The van der Waals surface area contributed by atoms with E-state index in [9.17, 15) is 0 Å². The molecule has 0 atom stereocenters. The summed E-state index contributed by atoms with van der Waals surface area (Å²) in [5.74, 6) is 7.00. The van der Waals surface area contributed by atoms with Gasteiger partial charge in [0.15, 0.2) is 0 Å². The Bertz CT molecular complexity index is 609. The topological polar surface area (TPSA) is 9.23 Å². The Kier molecular flexibility index (Phi) is 4.48. The fourth-order valence-corrected chi connectivity index (χ4v) is 1.83. The highest BCUT2D eigenvalue weighted by molar-refractivity contribution is 5.35. The summed E-state index contributed by atoms with van der Waals surface area (Å²) >= 11 is 0. The lowest BCUT2D eigenvalue weighted by molar-refractivity contribution is 0.369. The van der Waals surface area contributed by atoms with Gasteiger partial charge in [0.05, 0.1) is 0 Å². The van der Waals surface area contributed by atoms with Crippen molar-refractivity contribution in [3.63, 3.8) is 0 Å². The van der Waals surface area contributed by atoms with Gasteiger partial charge < -0.3 is 4.74 Å². The van der Waals surface area contributed by atoms with Crippen molar-refractivity contribution in [2.24, 2.45) is 0 Å². The number of ether oxygens (including phenoxy) is 1. The molecule has 2 aromatic carbocycles. The van der Waals surface area contributed by atoms with Gasteiger partial charge in [-0.3, -0.25) is 0 Å². The maximum absolute atomic E-state index is 5.69. The van der Waals surface area contributed by atoms with Crippen molar-refractivity contribution in [2.75, 3.05) is 6.61 Å². The van der Waals surface area contributed by atoms with Crippen molar-refractivity contribution in [1.29, 1.82) is 0 Å². The molecule has 0 heterocycles. The summed E-state index contributed by atoms with van der Waals surface area (Å²) in [4.78, 5) is 0. The molecule has 0 aliphatic heterocycles.